The fraction of sp³-hybridized carbons (Fsp3) is 0.714. The maximum absolute atomic E-state index is 8.79. The molecule has 112 valence electrons. The van der Waals surface area contributed by atoms with Gasteiger partial charge in [-0.3, -0.25) is 0 Å². The van der Waals surface area contributed by atoms with E-state index in [4.69, 9.17) is 21.4 Å². The van der Waals surface area contributed by atoms with Gasteiger partial charge < -0.3 is 14.7 Å². The molecule has 0 atom stereocenters. The van der Waals surface area contributed by atoms with Gasteiger partial charge in [-0.25, -0.2) is 9.97 Å². The van der Waals surface area contributed by atoms with Gasteiger partial charge in [-0.1, -0.05) is 24.9 Å². The normalized spacial score (nSPS) is 16.6. The fourth-order valence-electron chi connectivity index (χ4n) is 2.57. The summed E-state index contributed by atoms with van der Waals surface area (Å²) in [5.74, 6) is 0.965. The molecule has 0 spiro atoms. The number of piperidine rings is 1. The van der Waals surface area contributed by atoms with Gasteiger partial charge in [0.05, 0.1) is 19.3 Å². The molecule has 1 aliphatic rings. The largest absolute Gasteiger partial charge is 0.394 e. The quantitative estimate of drug-likeness (QED) is 0.815. The number of nitrogens with zero attached hydrogens (tertiary/aromatic N) is 3. The molecule has 0 aliphatic carbocycles. The molecule has 6 heteroatoms. The minimum atomic E-state index is 0.0857. The van der Waals surface area contributed by atoms with Crippen LogP contribution >= 0.6 is 11.6 Å². The highest BCUT2D eigenvalue weighted by Gasteiger charge is 2.23. The maximum atomic E-state index is 8.79. The van der Waals surface area contributed by atoms with Gasteiger partial charge in [0.2, 0.25) is 0 Å². The van der Waals surface area contributed by atoms with Crippen molar-refractivity contribution in [2.75, 3.05) is 31.2 Å². The Hall–Kier alpha value is -0.910. The number of hydrogen-bond acceptors (Lipinski definition) is 5. The number of aliphatic hydroxyl groups is 1. The number of halogens is 1. The van der Waals surface area contributed by atoms with Crippen molar-refractivity contribution in [3.63, 3.8) is 0 Å². The number of aliphatic hydroxyl groups excluding tert-OH is 1. The van der Waals surface area contributed by atoms with Crippen LogP contribution in [-0.4, -0.2) is 47.5 Å². The van der Waals surface area contributed by atoms with E-state index in [1.54, 1.807) is 0 Å². The summed E-state index contributed by atoms with van der Waals surface area (Å²) in [6, 6.07) is 0. The van der Waals surface area contributed by atoms with E-state index in [1.807, 2.05) is 0 Å². The predicted molar refractivity (Wildman–Crippen MR) is 79.3 cm³/mol. The van der Waals surface area contributed by atoms with E-state index in [9.17, 15) is 0 Å². The zero-order chi connectivity index (χ0) is 14.4. The van der Waals surface area contributed by atoms with Crippen LogP contribution in [0.15, 0.2) is 6.33 Å². The van der Waals surface area contributed by atoms with Gasteiger partial charge >= 0.3 is 0 Å². The molecule has 2 heterocycles. The number of aromatic nitrogens is 2. The van der Waals surface area contributed by atoms with Gasteiger partial charge in [0.1, 0.15) is 17.3 Å². The van der Waals surface area contributed by atoms with Gasteiger partial charge in [-0.2, -0.15) is 0 Å². The van der Waals surface area contributed by atoms with Crippen molar-refractivity contribution in [3.8, 4) is 0 Å². The molecule has 1 saturated heterocycles. The summed E-state index contributed by atoms with van der Waals surface area (Å²) >= 11 is 6.19. The Kier molecular flexibility index (Phi) is 6.01. The first-order chi connectivity index (χ1) is 9.76. The number of hydrogen-bond donors (Lipinski definition) is 1. The predicted octanol–water partition coefficient (Wildman–Crippen LogP) is 2.06. The van der Waals surface area contributed by atoms with Crippen LogP contribution in [0, 0.1) is 0 Å². The van der Waals surface area contributed by atoms with E-state index in [1.165, 1.54) is 6.33 Å². The van der Waals surface area contributed by atoms with Crippen molar-refractivity contribution in [3.05, 3.63) is 17.0 Å². The summed E-state index contributed by atoms with van der Waals surface area (Å²) in [5, 5.41) is 9.35. The van der Waals surface area contributed by atoms with Gasteiger partial charge in [-0.15, -0.1) is 0 Å². The summed E-state index contributed by atoms with van der Waals surface area (Å²) in [4.78, 5) is 10.8. The van der Waals surface area contributed by atoms with Crippen LogP contribution in [0.2, 0.25) is 5.15 Å². The minimum absolute atomic E-state index is 0.0857. The van der Waals surface area contributed by atoms with Gasteiger partial charge in [-0.05, 0) is 19.3 Å². The lowest BCUT2D eigenvalue weighted by molar-refractivity contribution is 0.0158. The molecule has 0 aromatic carbocycles. The fourth-order valence-corrected chi connectivity index (χ4v) is 2.80. The first-order valence-corrected chi connectivity index (χ1v) is 7.60. The Morgan fingerprint density at radius 2 is 2.15 bits per heavy atom. The molecule has 1 fully saturated rings. The van der Waals surface area contributed by atoms with E-state index in [-0.39, 0.29) is 12.7 Å². The van der Waals surface area contributed by atoms with Crippen LogP contribution in [-0.2, 0) is 11.2 Å². The van der Waals surface area contributed by atoms with Crippen molar-refractivity contribution < 1.29 is 9.84 Å². The van der Waals surface area contributed by atoms with Crippen molar-refractivity contribution in [2.24, 2.45) is 0 Å². The van der Waals surface area contributed by atoms with Crippen molar-refractivity contribution in [1.82, 2.24) is 9.97 Å². The second kappa shape index (κ2) is 7.76. The SMILES string of the molecule is CCCc1c(Cl)ncnc1N1CCC(OCCO)CC1. The molecule has 1 aromatic rings. The van der Waals surface area contributed by atoms with Crippen molar-refractivity contribution in [2.45, 2.75) is 38.7 Å². The summed E-state index contributed by atoms with van der Waals surface area (Å²) in [6.07, 6.45) is 5.60. The van der Waals surface area contributed by atoms with Crippen LogP contribution in [0.5, 0.6) is 0 Å². The highest BCUT2D eigenvalue weighted by molar-refractivity contribution is 6.30. The molecule has 5 nitrogen and oxygen atoms in total. The lowest BCUT2D eigenvalue weighted by Gasteiger charge is -2.33. The highest BCUT2D eigenvalue weighted by Crippen LogP contribution is 2.27. The van der Waals surface area contributed by atoms with Crippen molar-refractivity contribution in [1.29, 1.82) is 0 Å². The van der Waals surface area contributed by atoms with E-state index in [0.717, 1.165) is 50.2 Å². The Morgan fingerprint density at radius 3 is 2.80 bits per heavy atom. The van der Waals surface area contributed by atoms with E-state index in [2.05, 4.69) is 21.8 Å². The molecular formula is C14H22ClN3O2. The second-order valence-electron chi connectivity index (χ2n) is 5.00. The van der Waals surface area contributed by atoms with E-state index >= 15 is 0 Å². The Labute approximate surface area is 124 Å². The molecule has 1 aliphatic heterocycles. The Balaban J connectivity index is 2.01. The molecule has 1 aromatic heterocycles. The summed E-state index contributed by atoms with van der Waals surface area (Å²) in [5.41, 5.74) is 1.05. The molecule has 0 radical (unpaired) electrons. The Bertz CT molecular complexity index is 423. The van der Waals surface area contributed by atoms with Crippen LogP contribution in [0.4, 0.5) is 5.82 Å². The summed E-state index contributed by atoms with van der Waals surface area (Å²) in [7, 11) is 0. The van der Waals surface area contributed by atoms with Crippen LogP contribution in [0.25, 0.3) is 0 Å². The van der Waals surface area contributed by atoms with Crippen molar-refractivity contribution >= 4 is 17.4 Å². The van der Waals surface area contributed by atoms with Gasteiger partial charge in [0.25, 0.3) is 0 Å². The second-order valence-corrected chi connectivity index (χ2v) is 5.36. The first kappa shape index (κ1) is 15.5. The van der Waals surface area contributed by atoms with E-state index in [0.29, 0.717) is 11.8 Å². The minimum Gasteiger partial charge on any atom is -0.394 e. The number of ether oxygens (including phenoxy) is 1. The maximum Gasteiger partial charge on any atom is 0.137 e. The summed E-state index contributed by atoms with van der Waals surface area (Å²) in [6.45, 7) is 4.44. The average Bonchev–Trinajstić information content (AvgIpc) is 2.48. The molecule has 20 heavy (non-hydrogen) atoms. The molecule has 0 unspecified atom stereocenters. The van der Waals surface area contributed by atoms with Crippen LogP contribution in [0.3, 0.4) is 0 Å². The third-order valence-corrected chi connectivity index (χ3v) is 3.88. The molecule has 0 bridgehead atoms. The highest BCUT2D eigenvalue weighted by atomic mass is 35.5. The topological polar surface area (TPSA) is 58.5 Å². The number of rotatable bonds is 6. The average molecular weight is 300 g/mol. The molecule has 0 saturated carbocycles. The summed E-state index contributed by atoms with van der Waals surface area (Å²) < 4.78 is 5.58. The van der Waals surface area contributed by atoms with Crippen LogP contribution < -0.4 is 4.90 Å². The number of anilines is 1. The van der Waals surface area contributed by atoms with Gasteiger partial charge in [0.15, 0.2) is 0 Å². The smallest absolute Gasteiger partial charge is 0.137 e. The molecule has 0 amide bonds. The Morgan fingerprint density at radius 1 is 1.40 bits per heavy atom. The van der Waals surface area contributed by atoms with Crippen LogP contribution in [0.1, 0.15) is 31.7 Å². The van der Waals surface area contributed by atoms with E-state index < -0.39 is 0 Å². The zero-order valence-electron chi connectivity index (χ0n) is 11.9. The van der Waals surface area contributed by atoms with Gasteiger partial charge in [0, 0.05) is 18.7 Å². The third-order valence-electron chi connectivity index (χ3n) is 3.56. The lowest BCUT2D eigenvalue weighted by atomic mass is 10.1. The molecule has 2 rings (SSSR count). The first-order valence-electron chi connectivity index (χ1n) is 7.23. The lowest BCUT2D eigenvalue weighted by Crippen LogP contribution is -2.38. The third kappa shape index (κ3) is 3.81. The standard InChI is InChI=1S/C14H22ClN3O2/c1-2-3-12-13(15)16-10-17-14(12)18-6-4-11(5-7-18)20-9-8-19/h10-11,19H,2-9H2,1H3. The zero-order valence-corrected chi connectivity index (χ0v) is 12.6. The molecular weight excluding hydrogens is 278 g/mol. The molecule has 1 N–H and O–H groups in total. The monoisotopic (exact) mass is 299 g/mol.